The number of hydrogen-bond donors (Lipinski definition) is 0. The fourth-order valence-electron chi connectivity index (χ4n) is 3.21. The number of rotatable bonds is 5. The average molecular weight is 363 g/mol. The van der Waals surface area contributed by atoms with Crippen molar-refractivity contribution in [2.45, 2.75) is 19.5 Å². The zero-order valence-electron chi connectivity index (χ0n) is 15.4. The summed E-state index contributed by atoms with van der Waals surface area (Å²) in [4.78, 5) is 20.3. The molecule has 1 aliphatic rings. The minimum Gasteiger partial charge on any atom is -0.481 e. The van der Waals surface area contributed by atoms with E-state index in [4.69, 9.17) is 14.5 Å². The van der Waals surface area contributed by atoms with Gasteiger partial charge in [0.2, 0.25) is 11.8 Å². The van der Waals surface area contributed by atoms with E-state index in [0.717, 1.165) is 43.0 Å². The van der Waals surface area contributed by atoms with Crippen molar-refractivity contribution in [1.29, 1.82) is 0 Å². The lowest BCUT2D eigenvalue weighted by atomic mass is 10.1. The van der Waals surface area contributed by atoms with Gasteiger partial charge < -0.3 is 9.47 Å². The van der Waals surface area contributed by atoms with E-state index in [9.17, 15) is 0 Å². The fraction of sp³-hybridized carbons (Fsp3) is 0.300. The highest BCUT2D eigenvalue weighted by atomic mass is 16.5. The molecule has 0 N–H and O–H groups in total. The lowest BCUT2D eigenvalue weighted by Crippen LogP contribution is -2.31. The zero-order chi connectivity index (χ0) is 18.6. The standard InChI is InChI=1S/C20H21N5O2/c1-26-18-7-6-15(20(24-18)27-2)12-25-10-8-14-11-22-19(23-17(14)13-25)16-5-3-4-9-21-16/h3-7,9,11H,8,10,12-13H2,1-2H3. The molecule has 0 aromatic carbocycles. The maximum absolute atomic E-state index is 5.42. The van der Waals surface area contributed by atoms with Gasteiger partial charge in [-0.15, -0.1) is 0 Å². The van der Waals surface area contributed by atoms with E-state index in [0.29, 0.717) is 17.6 Å². The Morgan fingerprint density at radius 3 is 2.74 bits per heavy atom. The quantitative estimate of drug-likeness (QED) is 0.689. The number of nitrogens with zero attached hydrogens (tertiary/aromatic N) is 5. The van der Waals surface area contributed by atoms with E-state index in [-0.39, 0.29) is 0 Å². The highest BCUT2D eigenvalue weighted by molar-refractivity contribution is 5.49. The van der Waals surface area contributed by atoms with Crippen LogP contribution in [0, 0.1) is 0 Å². The molecule has 27 heavy (non-hydrogen) atoms. The third-order valence-electron chi connectivity index (χ3n) is 4.63. The van der Waals surface area contributed by atoms with Crippen molar-refractivity contribution in [3.8, 4) is 23.3 Å². The van der Waals surface area contributed by atoms with Gasteiger partial charge in [0.1, 0.15) is 5.69 Å². The first-order valence-corrected chi connectivity index (χ1v) is 8.83. The molecule has 1 aliphatic heterocycles. The molecule has 0 spiro atoms. The van der Waals surface area contributed by atoms with Crippen LogP contribution >= 0.6 is 0 Å². The predicted octanol–water partition coefficient (Wildman–Crippen LogP) is 2.51. The molecule has 0 saturated carbocycles. The molecule has 4 rings (SSSR count). The van der Waals surface area contributed by atoms with Crippen molar-refractivity contribution in [1.82, 2.24) is 24.8 Å². The van der Waals surface area contributed by atoms with Crippen molar-refractivity contribution >= 4 is 0 Å². The second-order valence-electron chi connectivity index (χ2n) is 6.36. The first-order valence-electron chi connectivity index (χ1n) is 8.83. The van der Waals surface area contributed by atoms with Gasteiger partial charge in [-0.2, -0.15) is 4.98 Å². The first kappa shape index (κ1) is 17.4. The highest BCUT2D eigenvalue weighted by Crippen LogP contribution is 2.25. The van der Waals surface area contributed by atoms with Crippen molar-refractivity contribution in [3.05, 3.63) is 59.5 Å². The number of fused-ring (bicyclic) bond motifs is 1. The topological polar surface area (TPSA) is 73.3 Å². The summed E-state index contributed by atoms with van der Waals surface area (Å²) in [6, 6.07) is 9.62. The van der Waals surface area contributed by atoms with E-state index in [1.807, 2.05) is 36.5 Å². The van der Waals surface area contributed by atoms with Crippen molar-refractivity contribution in [2.24, 2.45) is 0 Å². The number of hydrogen-bond acceptors (Lipinski definition) is 7. The Hall–Kier alpha value is -3.06. The Balaban J connectivity index is 1.54. The van der Waals surface area contributed by atoms with E-state index in [2.05, 4.69) is 19.9 Å². The minimum absolute atomic E-state index is 0.548. The van der Waals surface area contributed by atoms with Gasteiger partial charge in [-0.05, 0) is 30.2 Å². The molecule has 0 amide bonds. The van der Waals surface area contributed by atoms with E-state index in [1.165, 1.54) is 5.56 Å². The van der Waals surface area contributed by atoms with Crippen LogP contribution in [0.4, 0.5) is 0 Å². The number of aromatic nitrogens is 4. The summed E-state index contributed by atoms with van der Waals surface area (Å²) >= 11 is 0. The summed E-state index contributed by atoms with van der Waals surface area (Å²) in [5.74, 6) is 1.81. The SMILES string of the molecule is COc1ccc(CN2CCc3cnc(-c4ccccn4)nc3C2)c(OC)n1. The van der Waals surface area contributed by atoms with Crippen LogP contribution in [0.5, 0.6) is 11.8 Å². The summed E-state index contributed by atoms with van der Waals surface area (Å²) < 4.78 is 10.6. The molecule has 138 valence electrons. The molecule has 3 aromatic rings. The normalized spacial score (nSPS) is 13.9. The molecule has 0 aliphatic carbocycles. The summed E-state index contributed by atoms with van der Waals surface area (Å²) in [5.41, 5.74) is 4.07. The van der Waals surface area contributed by atoms with Gasteiger partial charge in [0.05, 0.1) is 19.9 Å². The van der Waals surface area contributed by atoms with Crippen molar-refractivity contribution < 1.29 is 9.47 Å². The van der Waals surface area contributed by atoms with Crippen LogP contribution in [0.15, 0.2) is 42.7 Å². The maximum Gasteiger partial charge on any atom is 0.220 e. The summed E-state index contributed by atoms with van der Waals surface area (Å²) in [6.07, 6.45) is 4.61. The Kier molecular flexibility index (Phi) is 4.93. The number of ether oxygens (including phenoxy) is 2. The van der Waals surface area contributed by atoms with Crippen LogP contribution < -0.4 is 9.47 Å². The van der Waals surface area contributed by atoms with Crippen LogP contribution in [0.1, 0.15) is 16.8 Å². The molecule has 0 fully saturated rings. The molecule has 3 aromatic heterocycles. The zero-order valence-corrected chi connectivity index (χ0v) is 15.4. The maximum atomic E-state index is 5.42. The van der Waals surface area contributed by atoms with Crippen LogP contribution in [0.2, 0.25) is 0 Å². The van der Waals surface area contributed by atoms with Gasteiger partial charge in [0, 0.05) is 43.7 Å². The molecule has 7 heteroatoms. The molecule has 0 unspecified atom stereocenters. The molecule has 0 atom stereocenters. The average Bonchev–Trinajstić information content (AvgIpc) is 2.74. The molecular weight excluding hydrogens is 342 g/mol. The molecule has 0 radical (unpaired) electrons. The van der Waals surface area contributed by atoms with Crippen LogP contribution in [0.25, 0.3) is 11.5 Å². The van der Waals surface area contributed by atoms with Gasteiger partial charge in [0.15, 0.2) is 5.82 Å². The van der Waals surface area contributed by atoms with Gasteiger partial charge in [-0.3, -0.25) is 9.88 Å². The lowest BCUT2D eigenvalue weighted by molar-refractivity contribution is 0.236. The Morgan fingerprint density at radius 1 is 1.04 bits per heavy atom. The van der Waals surface area contributed by atoms with Gasteiger partial charge in [0.25, 0.3) is 0 Å². The van der Waals surface area contributed by atoms with Crippen LogP contribution in [-0.2, 0) is 19.5 Å². The minimum atomic E-state index is 0.548. The highest BCUT2D eigenvalue weighted by Gasteiger charge is 2.21. The second kappa shape index (κ2) is 7.67. The Labute approximate surface area is 158 Å². The third-order valence-corrected chi connectivity index (χ3v) is 4.63. The number of methoxy groups -OCH3 is 2. The largest absolute Gasteiger partial charge is 0.481 e. The molecular formula is C20H21N5O2. The summed E-state index contributed by atoms with van der Waals surface area (Å²) in [5, 5.41) is 0. The van der Waals surface area contributed by atoms with E-state index >= 15 is 0 Å². The monoisotopic (exact) mass is 363 g/mol. The van der Waals surface area contributed by atoms with Crippen molar-refractivity contribution in [3.63, 3.8) is 0 Å². The van der Waals surface area contributed by atoms with Gasteiger partial charge in [-0.1, -0.05) is 6.07 Å². The molecule has 7 nitrogen and oxygen atoms in total. The summed E-state index contributed by atoms with van der Waals surface area (Å²) in [7, 11) is 3.23. The van der Waals surface area contributed by atoms with E-state index < -0.39 is 0 Å². The summed E-state index contributed by atoms with van der Waals surface area (Å²) in [6.45, 7) is 2.43. The third kappa shape index (κ3) is 3.73. The lowest BCUT2D eigenvalue weighted by Gasteiger charge is -2.28. The van der Waals surface area contributed by atoms with E-state index in [1.54, 1.807) is 20.4 Å². The van der Waals surface area contributed by atoms with Crippen LogP contribution in [-0.4, -0.2) is 45.6 Å². The van der Waals surface area contributed by atoms with Gasteiger partial charge >= 0.3 is 0 Å². The second-order valence-corrected chi connectivity index (χ2v) is 6.36. The molecule has 0 saturated heterocycles. The Bertz CT molecular complexity index is 933. The Morgan fingerprint density at radius 2 is 1.96 bits per heavy atom. The number of pyridine rings is 2. The van der Waals surface area contributed by atoms with Gasteiger partial charge in [-0.25, -0.2) is 9.97 Å². The fourth-order valence-corrected chi connectivity index (χ4v) is 3.21. The van der Waals surface area contributed by atoms with Crippen LogP contribution in [0.3, 0.4) is 0 Å². The molecule has 0 bridgehead atoms. The molecule has 4 heterocycles. The predicted molar refractivity (Wildman–Crippen MR) is 100 cm³/mol. The van der Waals surface area contributed by atoms with Crippen molar-refractivity contribution in [2.75, 3.05) is 20.8 Å². The first-order chi connectivity index (χ1) is 13.3. The smallest absolute Gasteiger partial charge is 0.220 e.